The molecule has 1 unspecified atom stereocenters. The molecule has 0 saturated carbocycles. The highest BCUT2D eigenvalue weighted by atomic mass is 32.2. The van der Waals surface area contributed by atoms with E-state index in [1.165, 1.54) is 16.4 Å². The van der Waals surface area contributed by atoms with Crippen molar-refractivity contribution >= 4 is 10.0 Å². The molecule has 4 rings (SSSR count). The summed E-state index contributed by atoms with van der Waals surface area (Å²) in [5, 5.41) is 14.4. The summed E-state index contributed by atoms with van der Waals surface area (Å²) in [6.45, 7) is 2.44. The fourth-order valence-electron chi connectivity index (χ4n) is 2.96. The van der Waals surface area contributed by atoms with Crippen LogP contribution in [0, 0.1) is 6.92 Å². The van der Waals surface area contributed by atoms with Gasteiger partial charge in [0.2, 0.25) is 10.0 Å². The van der Waals surface area contributed by atoms with Gasteiger partial charge in [-0.25, -0.2) is 8.42 Å². The second kappa shape index (κ2) is 5.68. The van der Waals surface area contributed by atoms with Crippen LogP contribution in [-0.2, 0) is 15.6 Å². The van der Waals surface area contributed by atoms with E-state index in [1.54, 1.807) is 13.0 Å². The standard InChI is InChI=1S/C15H17N3O6S/c1-10-16-14(24-17-10)15(19)4-5-18(9-15)25(20,21)11-2-3-12-13(8-11)23-7-6-22-12/h2-3,8,19H,4-7,9H2,1H3. The highest BCUT2D eigenvalue weighted by molar-refractivity contribution is 7.89. The van der Waals surface area contributed by atoms with Crippen molar-refractivity contribution in [3.8, 4) is 11.5 Å². The first-order valence-electron chi connectivity index (χ1n) is 7.81. The molecule has 0 amide bonds. The molecule has 0 aliphatic carbocycles. The van der Waals surface area contributed by atoms with Gasteiger partial charge in [-0.2, -0.15) is 9.29 Å². The Balaban J connectivity index is 1.61. The molecule has 2 aromatic rings. The molecule has 3 heterocycles. The van der Waals surface area contributed by atoms with Gasteiger partial charge in [0.15, 0.2) is 22.9 Å². The largest absolute Gasteiger partial charge is 0.486 e. The summed E-state index contributed by atoms with van der Waals surface area (Å²) in [4.78, 5) is 4.11. The van der Waals surface area contributed by atoms with E-state index in [0.29, 0.717) is 30.5 Å². The van der Waals surface area contributed by atoms with Gasteiger partial charge < -0.3 is 19.1 Å². The lowest BCUT2D eigenvalue weighted by atomic mass is 10.0. The fraction of sp³-hybridized carbons (Fsp3) is 0.467. The Kier molecular flexibility index (Phi) is 3.71. The van der Waals surface area contributed by atoms with Crippen LogP contribution in [0.4, 0.5) is 0 Å². The molecular formula is C15H17N3O6S. The zero-order chi connectivity index (χ0) is 17.7. The first kappa shape index (κ1) is 16.3. The van der Waals surface area contributed by atoms with Gasteiger partial charge in [-0.15, -0.1) is 0 Å². The zero-order valence-corrected chi connectivity index (χ0v) is 14.3. The minimum atomic E-state index is -3.80. The van der Waals surface area contributed by atoms with Gasteiger partial charge in [-0.3, -0.25) is 0 Å². The van der Waals surface area contributed by atoms with Gasteiger partial charge >= 0.3 is 0 Å². The molecule has 25 heavy (non-hydrogen) atoms. The summed E-state index contributed by atoms with van der Waals surface area (Å²) in [5.74, 6) is 1.33. The summed E-state index contributed by atoms with van der Waals surface area (Å²) >= 11 is 0. The van der Waals surface area contributed by atoms with Gasteiger partial charge in [0, 0.05) is 19.0 Å². The molecule has 1 aromatic heterocycles. The van der Waals surface area contributed by atoms with Crippen molar-refractivity contribution in [1.82, 2.24) is 14.4 Å². The van der Waals surface area contributed by atoms with E-state index in [-0.39, 0.29) is 30.3 Å². The molecule has 1 saturated heterocycles. The predicted octanol–water partition coefficient (Wildman–Crippen LogP) is 0.431. The maximum Gasteiger partial charge on any atom is 0.260 e. The normalized spacial score (nSPS) is 23.8. The van der Waals surface area contributed by atoms with Gasteiger partial charge in [0.1, 0.15) is 13.2 Å². The first-order chi connectivity index (χ1) is 11.9. The molecule has 2 aliphatic heterocycles. The highest BCUT2D eigenvalue weighted by Crippen LogP contribution is 2.37. The van der Waals surface area contributed by atoms with Crippen LogP contribution in [0.1, 0.15) is 18.1 Å². The smallest absolute Gasteiger partial charge is 0.260 e. The van der Waals surface area contributed by atoms with Crippen LogP contribution >= 0.6 is 0 Å². The summed E-state index contributed by atoms with van der Waals surface area (Å²) < 4.78 is 42.9. The van der Waals surface area contributed by atoms with Gasteiger partial charge in [0.05, 0.1) is 11.4 Å². The molecule has 10 heteroatoms. The summed E-state index contributed by atoms with van der Waals surface area (Å²) in [5.41, 5.74) is -1.48. The Labute approximate surface area is 144 Å². The molecule has 0 spiro atoms. The molecule has 1 atom stereocenters. The van der Waals surface area contributed by atoms with Crippen LogP contribution in [0.3, 0.4) is 0 Å². The van der Waals surface area contributed by atoms with Crippen LogP contribution in [0.5, 0.6) is 11.5 Å². The lowest BCUT2D eigenvalue weighted by Gasteiger charge is -2.22. The Morgan fingerprint density at radius 2 is 2.00 bits per heavy atom. The molecule has 1 fully saturated rings. The summed E-state index contributed by atoms with van der Waals surface area (Å²) in [6.07, 6.45) is 0.179. The van der Waals surface area contributed by atoms with Crippen molar-refractivity contribution in [3.05, 3.63) is 29.9 Å². The average molecular weight is 367 g/mol. The lowest BCUT2D eigenvalue weighted by Crippen LogP contribution is -2.34. The quantitative estimate of drug-likeness (QED) is 0.831. The Morgan fingerprint density at radius 3 is 2.72 bits per heavy atom. The molecule has 1 aromatic carbocycles. The first-order valence-corrected chi connectivity index (χ1v) is 9.25. The van der Waals surface area contributed by atoms with Crippen molar-refractivity contribution in [1.29, 1.82) is 0 Å². The number of aromatic nitrogens is 2. The topological polar surface area (TPSA) is 115 Å². The summed E-state index contributed by atoms with van der Waals surface area (Å²) in [6, 6.07) is 4.49. The maximum absolute atomic E-state index is 12.9. The number of ether oxygens (including phenoxy) is 2. The Morgan fingerprint density at radius 1 is 1.24 bits per heavy atom. The minimum absolute atomic E-state index is 0.0323. The number of fused-ring (bicyclic) bond motifs is 1. The van der Waals surface area contributed by atoms with Gasteiger partial charge in [-0.1, -0.05) is 5.16 Å². The van der Waals surface area contributed by atoms with Crippen molar-refractivity contribution in [3.63, 3.8) is 0 Å². The third-order valence-corrected chi connectivity index (χ3v) is 6.13. The number of nitrogens with zero attached hydrogens (tertiary/aromatic N) is 3. The maximum atomic E-state index is 12.9. The van der Waals surface area contributed by atoms with E-state index in [4.69, 9.17) is 14.0 Å². The number of aryl methyl sites for hydroxylation is 1. The minimum Gasteiger partial charge on any atom is -0.486 e. The second-order valence-corrected chi connectivity index (χ2v) is 8.01. The number of hydrogen-bond acceptors (Lipinski definition) is 8. The molecule has 2 aliphatic rings. The predicted molar refractivity (Wildman–Crippen MR) is 83.7 cm³/mol. The van der Waals surface area contributed by atoms with E-state index in [0.717, 1.165) is 0 Å². The van der Waals surface area contributed by atoms with Gasteiger partial charge in [0.25, 0.3) is 5.89 Å². The SMILES string of the molecule is Cc1noc(C2(O)CCN(S(=O)(=O)c3ccc4c(c3)OCCO4)C2)n1. The van der Waals surface area contributed by atoms with E-state index in [1.807, 2.05) is 0 Å². The molecule has 0 radical (unpaired) electrons. The van der Waals surface area contributed by atoms with Crippen LogP contribution < -0.4 is 9.47 Å². The number of benzene rings is 1. The van der Waals surface area contributed by atoms with Crippen LogP contribution in [-0.4, -0.2) is 54.3 Å². The number of β-amino-alcohol motifs (C(OH)–C–C–N with tert-alkyl or cyclic N) is 1. The number of sulfonamides is 1. The van der Waals surface area contributed by atoms with E-state index in [9.17, 15) is 13.5 Å². The molecule has 134 valence electrons. The molecule has 9 nitrogen and oxygen atoms in total. The average Bonchev–Trinajstić information content (AvgIpc) is 3.22. The van der Waals surface area contributed by atoms with E-state index in [2.05, 4.69) is 10.1 Å². The third kappa shape index (κ3) is 2.75. The van der Waals surface area contributed by atoms with Crippen molar-refractivity contribution < 1.29 is 27.5 Å². The molecule has 0 bridgehead atoms. The van der Waals surface area contributed by atoms with Crippen molar-refractivity contribution in [2.75, 3.05) is 26.3 Å². The zero-order valence-electron chi connectivity index (χ0n) is 13.5. The number of rotatable bonds is 3. The Hall–Kier alpha value is -2.17. The van der Waals surface area contributed by atoms with E-state index < -0.39 is 15.6 Å². The number of hydrogen-bond donors (Lipinski definition) is 1. The molecular weight excluding hydrogens is 350 g/mol. The Bertz CT molecular complexity index is 912. The van der Waals surface area contributed by atoms with Crippen LogP contribution in [0.15, 0.2) is 27.6 Å². The highest BCUT2D eigenvalue weighted by Gasteiger charge is 2.46. The van der Waals surface area contributed by atoms with Crippen LogP contribution in [0.2, 0.25) is 0 Å². The van der Waals surface area contributed by atoms with E-state index >= 15 is 0 Å². The van der Waals surface area contributed by atoms with Crippen molar-refractivity contribution in [2.45, 2.75) is 23.8 Å². The fourth-order valence-corrected chi connectivity index (χ4v) is 4.47. The van der Waals surface area contributed by atoms with Crippen molar-refractivity contribution in [2.24, 2.45) is 0 Å². The number of aliphatic hydroxyl groups is 1. The summed E-state index contributed by atoms with van der Waals surface area (Å²) in [7, 11) is -3.80. The lowest BCUT2D eigenvalue weighted by molar-refractivity contribution is 0.0194. The van der Waals surface area contributed by atoms with Crippen LogP contribution in [0.25, 0.3) is 0 Å². The molecule has 1 N–H and O–H groups in total. The second-order valence-electron chi connectivity index (χ2n) is 6.07. The van der Waals surface area contributed by atoms with Gasteiger partial charge in [-0.05, 0) is 19.1 Å². The third-order valence-electron chi connectivity index (χ3n) is 4.29. The monoisotopic (exact) mass is 367 g/mol.